The van der Waals surface area contributed by atoms with Gasteiger partial charge in [-0.15, -0.1) is 0 Å². The highest BCUT2D eigenvalue weighted by molar-refractivity contribution is 6.02. The quantitative estimate of drug-likeness (QED) is 0.377. The second-order valence-electron chi connectivity index (χ2n) is 5.62. The average Bonchev–Trinajstić information content (AvgIpc) is 2.97. The van der Waals surface area contributed by atoms with E-state index in [2.05, 4.69) is 40.9 Å². The lowest BCUT2D eigenvalue weighted by molar-refractivity contribution is 0.232. The topological polar surface area (TPSA) is 65.1 Å². The minimum Gasteiger partial charge on any atom is -0.409 e. The third-order valence-electron chi connectivity index (χ3n) is 4.37. The van der Waals surface area contributed by atoms with Crippen LogP contribution < -0.4 is 10.6 Å². The SMILES string of the molecule is CCN(CC)C1CCN(c2ccc(C)cc2/C(N)=N/O)C1. The molecule has 1 heterocycles. The minimum atomic E-state index is 0.181. The van der Waals surface area contributed by atoms with Crippen molar-refractivity contribution in [3.63, 3.8) is 0 Å². The van der Waals surface area contributed by atoms with Crippen LogP contribution in [-0.2, 0) is 0 Å². The molecule has 0 aromatic heterocycles. The van der Waals surface area contributed by atoms with Gasteiger partial charge in [0.25, 0.3) is 0 Å². The molecule has 1 aromatic rings. The smallest absolute Gasteiger partial charge is 0.172 e. The van der Waals surface area contributed by atoms with Gasteiger partial charge in [-0.3, -0.25) is 4.90 Å². The van der Waals surface area contributed by atoms with Gasteiger partial charge in [0.2, 0.25) is 0 Å². The van der Waals surface area contributed by atoms with Gasteiger partial charge in [-0.2, -0.15) is 0 Å². The first kappa shape index (κ1) is 15.6. The maximum atomic E-state index is 9.00. The Morgan fingerprint density at radius 3 is 2.76 bits per heavy atom. The molecule has 1 fully saturated rings. The normalized spacial score (nSPS) is 19.5. The summed E-state index contributed by atoms with van der Waals surface area (Å²) in [5.41, 5.74) is 8.83. The van der Waals surface area contributed by atoms with E-state index in [-0.39, 0.29) is 5.84 Å². The van der Waals surface area contributed by atoms with Crippen molar-refractivity contribution in [2.75, 3.05) is 31.1 Å². The summed E-state index contributed by atoms with van der Waals surface area (Å²) in [6.45, 7) is 10.6. The summed E-state index contributed by atoms with van der Waals surface area (Å²) in [5.74, 6) is 0.181. The monoisotopic (exact) mass is 290 g/mol. The van der Waals surface area contributed by atoms with Crippen molar-refractivity contribution in [1.29, 1.82) is 0 Å². The predicted octanol–water partition coefficient (Wildman–Crippen LogP) is 2.01. The molecule has 0 bridgehead atoms. The molecule has 116 valence electrons. The molecule has 21 heavy (non-hydrogen) atoms. The Labute approximate surface area is 127 Å². The van der Waals surface area contributed by atoms with E-state index in [4.69, 9.17) is 10.9 Å². The van der Waals surface area contributed by atoms with Crippen LogP contribution in [0.3, 0.4) is 0 Å². The number of likely N-dealkylation sites (N-methyl/N-ethyl adjacent to an activating group) is 1. The molecule has 1 aliphatic heterocycles. The van der Waals surface area contributed by atoms with E-state index in [0.717, 1.165) is 49.4 Å². The molecular formula is C16H26N4O. The van der Waals surface area contributed by atoms with Crippen LogP contribution in [0.25, 0.3) is 0 Å². The highest BCUT2D eigenvalue weighted by atomic mass is 16.4. The van der Waals surface area contributed by atoms with Gasteiger partial charge in [0.1, 0.15) is 0 Å². The van der Waals surface area contributed by atoms with Crippen LogP contribution in [0.15, 0.2) is 23.4 Å². The standard InChI is InChI=1S/C16H26N4O/c1-4-19(5-2)13-8-9-20(11-13)15-7-6-12(3)10-14(15)16(17)18-21/h6-7,10,13,21H,4-5,8-9,11H2,1-3H3,(H2,17,18). The number of rotatable bonds is 5. The molecule has 0 amide bonds. The number of amidine groups is 1. The predicted molar refractivity (Wildman–Crippen MR) is 87.2 cm³/mol. The Morgan fingerprint density at radius 1 is 1.43 bits per heavy atom. The summed E-state index contributed by atoms with van der Waals surface area (Å²) >= 11 is 0. The zero-order valence-electron chi connectivity index (χ0n) is 13.2. The molecule has 0 radical (unpaired) electrons. The van der Waals surface area contributed by atoms with E-state index in [9.17, 15) is 0 Å². The Bertz CT molecular complexity index is 511. The number of nitrogens with zero attached hydrogens (tertiary/aromatic N) is 3. The molecule has 3 N–H and O–H groups in total. The molecule has 1 atom stereocenters. The summed E-state index contributed by atoms with van der Waals surface area (Å²) < 4.78 is 0. The number of nitrogens with two attached hydrogens (primary N) is 1. The number of hydrogen-bond acceptors (Lipinski definition) is 4. The van der Waals surface area contributed by atoms with E-state index in [1.165, 1.54) is 0 Å². The first-order valence-electron chi connectivity index (χ1n) is 7.68. The molecular weight excluding hydrogens is 264 g/mol. The molecule has 1 aliphatic rings. The Hall–Kier alpha value is -1.75. The molecule has 0 aliphatic carbocycles. The van der Waals surface area contributed by atoms with Crippen molar-refractivity contribution >= 4 is 11.5 Å². The van der Waals surface area contributed by atoms with Crippen LogP contribution in [0.2, 0.25) is 0 Å². The zero-order valence-corrected chi connectivity index (χ0v) is 13.2. The summed E-state index contributed by atoms with van der Waals surface area (Å²) in [5, 5.41) is 12.2. The first-order valence-corrected chi connectivity index (χ1v) is 7.68. The maximum Gasteiger partial charge on any atom is 0.172 e. The Balaban J connectivity index is 2.24. The second kappa shape index (κ2) is 6.80. The molecule has 5 nitrogen and oxygen atoms in total. The summed E-state index contributed by atoms with van der Waals surface area (Å²) in [7, 11) is 0. The van der Waals surface area contributed by atoms with Crippen LogP contribution in [0.5, 0.6) is 0 Å². The Morgan fingerprint density at radius 2 is 2.14 bits per heavy atom. The van der Waals surface area contributed by atoms with Crippen molar-refractivity contribution in [3.05, 3.63) is 29.3 Å². The second-order valence-corrected chi connectivity index (χ2v) is 5.62. The number of anilines is 1. The van der Waals surface area contributed by atoms with Gasteiger partial charge in [-0.25, -0.2) is 0 Å². The fourth-order valence-electron chi connectivity index (χ4n) is 3.18. The van der Waals surface area contributed by atoms with Crippen LogP contribution >= 0.6 is 0 Å². The van der Waals surface area contributed by atoms with Gasteiger partial charge >= 0.3 is 0 Å². The molecule has 0 spiro atoms. The van der Waals surface area contributed by atoms with Gasteiger partial charge < -0.3 is 15.8 Å². The molecule has 2 rings (SSSR count). The summed E-state index contributed by atoms with van der Waals surface area (Å²) in [4.78, 5) is 4.84. The lowest BCUT2D eigenvalue weighted by Gasteiger charge is -2.27. The van der Waals surface area contributed by atoms with E-state index < -0.39 is 0 Å². The van der Waals surface area contributed by atoms with Gasteiger partial charge in [-0.1, -0.05) is 30.6 Å². The van der Waals surface area contributed by atoms with E-state index >= 15 is 0 Å². The van der Waals surface area contributed by atoms with Crippen LogP contribution in [0.1, 0.15) is 31.4 Å². The summed E-state index contributed by atoms with van der Waals surface area (Å²) in [6.07, 6.45) is 1.16. The van der Waals surface area contributed by atoms with Crippen molar-refractivity contribution in [1.82, 2.24) is 4.90 Å². The number of aryl methyl sites for hydroxylation is 1. The third kappa shape index (κ3) is 3.29. The van der Waals surface area contributed by atoms with E-state index in [1.807, 2.05) is 13.0 Å². The molecule has 0 saturated carbocycles. The molecule has 5 heteroatoms. The number of benzene rings is 1. The summed E-state index contributed by atoms with van der Waals surface area (Å²) in [6, 6.07) is 6.72. The average molecular weight is 290 g/mol. The van der Waals surface area contributed by atoms with Crippen molar-refractivity contribution in [2.45, 2.75) is 33.2 Å². The molecule has 1 unspecified atom stereocenters. The molecule has 1 saturated heterocycles. The Kier molecular flexibility index (Phi) is 5.07. The van der Waals surface area contributed by atoms with Gasteiger partial charge in [0.15, 0.2) is 5.84 Å². The fraction of sp³-hybridized carbons (Fsp3) is 0.562. The fourth-order valence-corrected chi connectivity index (χ4v) is 3.18. The lowest BCUT2D eigenvalue weighted by Crippen LogP contribution is -2.37. The zero-order chi connectivity index (χ0) is 15.4. The van der Waals surface area contributed by atoms with E-state index in [1.54, 1.807) is 0 Å². The lowest BCUT2D eigenvalue weighted by atomic mass is 10.1. The minimum absolute atomic E-state index is 0.181. The van der Waals surface area contributed by atoms with Crippen molar-refractivity contribution < 1.29 is 5.21 Å². The number of oxime groups is 1. The van der Waals surface area contributed by atoms with Gasteiger partial charge in [-0.05, 0) is 38.6 Å². The maximum absolute atomic E-state index is 9.00. The number of hydrogen-bond donors (Lipinski definition) is 2. The highest BCUT2D eigenvalue weighted by Gasteiger charge is 2.27. The first-order chi connectivity index (χ1) is 10.1. The largest absolute Gasteiger partial charge is 0.409 e. The van der Waals surface area contributed by atoms with Crippen molar-refractivity contribution in [2.24, 2.45) is 10.9 Å². The van der Waals surface area contributed by atoms with Gasteiger partial charge in [0.05, 0.1) is 0 Å². The molecule has 1 aromatic carbocycles. The van der Waals surface area contributed by atoms with Crippen LogP contribution in [0.4, 0.5) is 5.69 Å². The van der Waals surface area contributed by atoms with Crippen LogP contribution in [0, 0.1) is 6.92 Å². The van der Waals surface area contributed by atoms with Crippen LogP contribution in [-0.4, -0.2) is 48.2 Å². The van der Waals surface area contributed by atoms with E-state index in [0.29, 0.717) is 6.04 Å². The van der Waals surface area contributed by atoms with Crippen molar-refractivity contribution in [3.8, 4) is 0 Å². The third-order valence-corrected chi connectivity index (χ3v) is 4.37. The van der Waals surface area contributed by atoms with Gasteiger partial charge in [0, 0.05) is 30.4 Å². The highest BCUT2D eigenvalue weighted by Crippen LogP contribution is 2.27.